The summed E-state index contributed by atoms with van der Waals surface area (Å²) in [5.41, 5.74) is 16.2. The van der Waals surface area contributed by atoms with Gasteiger partial charge in [-0.25, -0.2) is 9.55 Å². The molecular weight excluding hydrogens is 709 g/mol. The van der Waals surface area contributed by atoms with Crippen molar-refractivity contribution >= 4 is 44.8 Å². The van der Waals surface area contributed by atoms with Gasteiger partial charge in [0.15, 0.2) is 0 Å². The van der Waals surface area contributed by atoms with Gasteiger partial charge >= 0.3 is 0 Å². The molecule has 58 heavy (non-hydrogen) atoms. The van der Waals surface area contributed by atoms with Crippen LogP contribution >= 0.6 is 0 Å². The third-order valence-electron chi connectivity index (χ3n) is 11.9. The molecule has 2 heterocycles. The standard InChI is InChI=1S/C53H38N4O/c1-53(2)44-20-8-6-18-42(44)50-45(53)21-13-25-49(50)55(41-17-12-16-38(34-41)35-14-4-3-5-15-35)39-30-26-36(27-31-39)37-28-32-40(33-29-37)56-51(58)43-19-7-10-23-47(43)57-48-24-11-9-22-46(48)54-52(56)57/h3-34H,1-2H3. The molecule has 11 rings (SSSR count). The molecule has 0 bridgehead atoms. The molecule has 0 saturated heterocycles. The highest BCUT2D eigenvalue weighted by Crippen LogP contribution is 2.54. The van der Waals surface area contributed by atoms with E-state index >= 15 is 0 Å². The Morgan fingerprint density at radius 2 is 1.14 bits per heavy atom. The van der Waals surface area contributed by atoms with Crippen LogP contribution in [0.1, 0.15) is 25.0 Å². The van der Waals surface area contributed by atoms with Gasteiger partial charge in [0, 0.05) is 22.4 Å². The number of rotatable bonds is 6. The number of fused-ring (bicyclic) bond motifs is 8. The van der Waals surface area contributed by atoms with E-state index in [1.54, 1.807) is 4.57 Å². The molecule has 0 fully saturated rings. The first kappa shape index (κ1) is 33.8. The molecule has 0 radical (unpaired) electrons. The van der Waals surface area contributed by atoms with E-state index in [1.807, 2.05) is 54.6 Å². The quantitative estimate of drug-likeness (QED) is 0.170. The van der Waals surface area contributed by atoms with Gasteiger partial charge in [0.05, 0.1) is 33.3 Å². The summed E-state index contributed by atoms with van der Waals surface area (Å²) < 4.78 is 3.82. The number of hydrogen-bond donors (Lipinski definition) is 0. The summed E-state index contributed by atoms with van der Waals surface area (Å²) in [5, 5.41) is 0.646. The summed E-state index contributed by atoms with van der Waals surface area (Å²) >= 11 is 0. The molecule has 1 aliphatic carbocycles. The van der Waals surface area contributed by atoms with Gasteiger partial charge in [-0.1, -0.05) is 141 Å². The summed E-state index contributed by atoms with van der Waals surface area (Å²) in [4.78, 5) is 21.4. The molecule has 0 unspecified atom stereocenters. The number of imidazole rings is 1. The molecule has 2 aromatic heterocycles. The monoisotopic (exact) mass is 746 g/mol. The molecule has 0 saturated carbocycles. The fourth-order valence-corrected chi connectivity index (χ4v) is 9.10. The van der Waals surface area contributed by atoms with Gasteiger partial charge in [-0.2, -0.15) is 0 Å². The fourth-order valence-electron chi connectivity index (χ4n) is 9.10. The average molecular weight is 747 g/mol. The Morgan fingerprint density at radius 3 is 1.95 bits per heavy atom. The molecule has 5 nitrogen and oxygen atoms in total. The number of nitrogens with zero attached hydrogens (tertiary/aromatic N) is 4. The van der Waals surface area contributed by atoms with Crippen molar-refractivity contribution in [3.63, 3.8) is 0 Å². The van der Waals surface area contributed by atoms with E-state index in [-0.39, 0.29) is 11.0 Å². The second-order valence-electron chi connectivity index (χ2n) is 15.6. The molecule has 10 aromatic rings. The van der Waals surface area contributed by atoms with Crippen LogP contribution in [0.5, 0.6) is 0 Å². The highest BCUT2D eigenvalue weighted by atomic mass is 16.1. The molecule has 0 atom stereocenters. The highest BCUT2D eigenvalue weighted by molar-refractivity contribution is 5.96. The van der Waals surface area contributed by atoms with Crippen LogP contribution in [0.25, 0.3) is 66.8 Å². The molecule has 1 aliphatic rings. The Labute approximate surface area is 336 Å². The smallest absolute Gasteiger partial charge is 0.267 e. The lowest BCUT2D eigenvalue weighted by molar-refractivity contribution is 0.660. The molecule has 0 aliphatic heterocycles. The highest BCUT2D eigenvalue weighted by Gasteiger charge is 2.37. The Balaban J connectivity index is 1.02. The molecule has 276 valence electrons. The summed E-state index contributed by atoms with van der Waals surface area (Å²) in [6, 6.07) is 67.8. The van der Waals surface area contributed by atoms with Gasteiger partial charge in [-0.05, 0) is 106 Å². The lowest BCUT2D eigenvalue weighted by Gasteiger charge is -2.29. The van der Waals surface area contributed by atoms with Crippen LogP contribution in [0, 0.1) is 0 Å². The summed E-state index contributed by atoms with van der Waals surface area (Å²) in [6.07, 6.45) is 0. The fraction of sp³-hybridized carbons (Fsp3) is 0.0566. The second-order valence-corrected chi connectivity index (χ2v) is 15.6. The lowest BCUT2D eigenvalue weighted by atomic mass is 9.82. The predicted molar refractivity (Wildman–Crippen MR) is 239 cm³/mol. The van der Waals surface area contributed by atoms with Crippen molar-refractivity contribution in [1.29, 1.82) is 0 Å². The number of benzene rings is 8. The first-order valence-corrected chi connectivity index (χ1v) is 19.8. The van der Waals surface area contributed by atoms with Gasteiger partial charge in [0.1, 0.15) is 0 Å². The second kappa shape index (κ2) is 13.0. The predicted octanol–water partition coefficient (Wildman–Crippen LogP) is 12.9. The molecule has 0 amide bonds. The molecule has 0 spiro atoms. The Bertz CT molecular complexity index is 3270. The number of anilines is 3. The number of hydrogen-bond acceptors (Lipinski definition) is 3. The van der Waals surface area contributed by atoms with Crippen molar-refractivity contribution in [1.82, 2.24) is 14.0 Å². The summed E-state index contributed by atoms with van der Waals surface area (Å²) in [7, 11) is 0. The van der Waals surface area contributed by atoms with Crippen LogP contribution < -0.4 is 10.5 Å². The maximum absolute atomic E-state index is 14.1. The summed E-state index contributed by atoms with van der Waals surface area (Å²) in [5.74, 6) is 0.594. The van der Waals surface area contributed by atoms with Crippen LogP contribution in [-0.4, -0.2) is 14.0 Å². The van der Waals surface area contributed by atoms with Crippen molar-refractivity contribution in [2.45, 2.75) is 19.3 Å². The van der Waals surface area contributed by atoms with Gasteiger partial charge in [0.2, 0.25) is 5.78 Å². The average Bonchev–Trinajstić information content (AvgIpc) is 3.77. The van der Waals surface area contributed by atoms with E-state index in [1.165, 1.54) is 33.4 Å². The number of aromatic nitrogens is 3. The first-order valence-electron chi connectivity index (χ1n) is 19.8. The van der Waals surface area contributed by atoms with E-state index in [9.17, 15) is 4.79 Å². The lowest BCUT2D eigenvalue weighted by Crippen LogP contribution is -2.21. The SMILES string of the molecule is CC1(C)c2ccccc2-c2c(N(c3ccc(-c4ccc(-n5c(=O)c6ccccc6n6c7ccccc7nc56)cc4)cc3)c3cccc(-c4ccccc4)c3)cccc21. The Morgan fingerprint density at radius 1 is 0.517 bits per heavy atom. The van der Waals surface area contributed by atoms with Crippen molar-refractivity contribution in [2.24, 2.45) is 0 Å². The van der Waals surface area contributed by atoms with Crippen LogP contribution in [-0.2, 0) is 5.41 Å². The minimum atomic E-state index is -0.121. The minimum absolute atomic E-state index is 0.0923. The third kappa shape index (κ3) is 5.17. The number of para-hydroxylation sites is 3. The van der Waals surface area contributed by atoms with Gasteiger partial charge < -0.3 is 4.90 Å². The largest absolute Gasteiger partial charge is 0.310 e. The molecule has 8 aromatic carbocycles. The van der Waals surface area contributed by atoms with Crippen LogP contribution in [0.3, 0.4) is 0 Å². The van der Waals surface area contributed by atoms with Crippen molar-refractivity contribution in [2.75, 3.05) is 4.90 Å². The van der Waals surface area contributed by atoms with Gasteiger partial charge in [0.25, 0.3) is 5.56 Å². The van der Waals surface area contributed by atoms with Crippen LogP contribution in [0.15, 0.2) is 199 Å². The molecule has 5 heteroatoms. The summed E-state index contributed by atoms with van der Waals surface area (Å²) in [6.45, 7) is 4.66. The normalized spacial score (nSPS) is 12.9. The zero-order valence-electron chi connectivity index (χ0n) is 32.2. The zero-order valence-corrected chi connectivity index (χ0v) is 32.2. The maximum atomic E-state index is 14.1. The van der Waals surface area contributed by atoms with E-state index in [0.29, 0.717) is 11.2 Å². The Kier molecular flexibility index (Phi) is 7.60. The van der Waals surface area contributed by atoms with E-state index in [4.69, 9.17) is 4.98 Å². The third-order valence-corrected chi connectivity index (χ3v) is 11.9. The topological polar surface area (TPSA) is 42.5 Å². The maximum Gasteiger partial charge on any atom is 0.267 e. The zero-order chi connectivity index (χ0) is 39.0. The van der Waals surface area contributed by atoms with Crippen molar-refractivity contribution in [3.8, 4) is 39.1 Å². The van der Waals surface area contributed by atoms with Crippen molar-refractivity contribution in [3.05, 3.63) is 216 Å². The van der Waals surface area contributed by atoms with E-state index in [2.05, 4.69) is 163 Å². The minimum Gasteiger partial charge on any atom is -0.310 e. The van der Waals surface area contributed by atoms with E-state index < -0.39 is 0 Å². The van der Waals surface area contributed by atoms with Crippen LogP contribution in [0.4, 0.5) is 17.1 Å². The van der Waals surface area contributed by atoms with E-state index in [0.717, 1.165) is 50.4 Å². The van der Waals surface area contributed by atoms with Crippen molar-refractivity contribution < 1.29 is 0 Å². The first-order chi connectivity index (χ1) is 28.5. The van der Waals surface area contributed by atoms with Gasteiger partial charge in [-0.3, -0.25) is 9.20 Å². The van der Waals surface area contributed by atoms with Crippen LogP contribution in [0.2, 0.25) is 0 Å². The molecule has 0 N–H and O–H groups in total. The Hall–Kier alpha value is -7.50. The molecular formula is C53H38N4O. The van der Waals surface area contributed by atoms with Gasteiger partial charge in [-0.15, -0.1) is 0 Å².